The predicted molar refractivity (Wildman–Crippen MR) is 111 cm³/mol. The fourth-order valence-electron chi connectivity index (χ4n) is 2.60. The molecule has 0 bridgehead atoms. The van der Waals surface area contributed by atoms with E-state index >= 15 is 0 Å². The molecule has 0 spiro atoms. The van der Waals surface area contributed by atoms with Crippen molar-refractivity contribution in [2.75, 3.05) is 0 Å². The van der Waals surface area contributed by atoms with E-state index in [1.807, 2.05) is 56.3 Å². The molecule has 0 saturated carbocycles. The highest BCUT2D eigenvalue weighted by Gasteiger charge is 2.22. The first kappa shape index (κ1) is 18.2. The number of thioether (sulfide) groups is 1. The summed E-state index contributed by atoms with van der Waals surface area (Å²) in [6, 6.07) is 12.1. The largest absolute Gasteiger partial charge is 0.488 e. The van der Waals surface area contributed by atoms with Crippen molar-refractivity contribution in [1.29, 1.82) is 0 Å². The molecule has 0 aliphatic carbocycles. The third-order valence-electron chi connectivity index (χ3n) is 3.72. The van der Waals surface area contributed by atoms with Crippen LogP contribution >= 0.6 is 39.9 Å². The molecule has 6 heteroatoms. The summed E-state index contributed by atoms with van der Waals surface area (Å²) in [7, 11) is 0. The minimum Gasteiger partial charge on any atom is -0.488 e. The van der Waals surface area contributed by atoms with Gasteiger partial charge < -0.3 is 10.1 Å². The summed E-state index contributed by atoms with van der Waals surface area (Å²) >= 11 is 9.74. The van der Waals surface area contributed by atoms with Gasteiger partial charge in [0.2, 0.25) is 0 Å². The van der Waals surface area contributed by atoms with Crippen molar-refractivity contribution in [1.82, 2.24) is 5.32 Å². The van der Waals surface area contributed by atoms with E-state index in [0.717, 1.165) is 32.5 Å². The Bertz CT molecular complexity index is 852. The first-order valence-corrected chi connectivity index (χ1v) is 9.67. The van der Waals surface area contributed by atoms with Crippen molar-refractivity contribution in [3.63, 3.8) is 0 Å². The zero-order valence-electron chi connectivity index (χ0n) is 13.8. The van der Waals surface area contributed by atoms with Gasteiger partial charge in [0.05, 0.1) is 4.91 Å². The minimum atomic E-state index is -0.138. The molecule has 128 valence electrons. The second kappa shape index (κ2) is 7.72. The average molecular weight is 434 g/mol. The van der Waals surface area contributed by atoms with Gasteiger partial charge in [-0.05, 0) is 66.4 Å². The van der Waals surface area contributed by atoms with Crippen molar-refractivity contribution >= 4 is 56.2 Å². The Morgan fingerprint density at radius 1 is 1.20 bits per heavy atom. The van der Waals surface area contributed by atoms with Crippen LogP contribution in [0.25, 0.3) is 6.08 Å². The van der Waals surface area contributed by atoms with Gasteiger partial charge in [-0.2, -0.15) is 0 Å². The zero-order chi connectivity index (χ0) is 18.0. The number of thiocarbonyl (C=S) groups is 1. The molecule has 2 aromatic carbocycles. The number of nitrogens with one attached hydrogen (secondary N) is 1. The molecule has 3 rings (SSSR count). The van der Waals surface area contributed by atoms with Crippen molar-refractivity contribution in [2.45, 2.75) is 20.5 Å². The van der Waals surface area contributed by atoms with Crippen LogP contribution in [0.15, 0.2) is 45.8 Å². The average Bonchev–Trinajstić information content (AvgIpc) is 2.86. The molecule has 0 radical (unpaired) electrons. The predicted octanol–water partition coefficient (Wildman–Crippen LogP) is 5.13. The van der Waals surface area contributed by atoms with E-state index in [0.29, 0.717) is 15.8 Å². The fourth-order valence-corrected chi connectivity index (χ4v) is 3.91. The molecular formula is C19H16BrNO2S2. The molecule has 1 aliphatic rings. The summed E-state index contributed by atoms with van der Waals surface area (Å²) in [5.41, 5.74) is 4.15. The molecule has 1 aliphatic heterocycles. The van der Waals surface area contributed by atoms with Gasteiger partial charge in [-0.25, -0.2) is 0 Å². The number of ether oxygens (including phenoxy) is 1. The van der Waals surface area contributed by atoms with Gasteiger partial charge >= 0.3 is 0 Å². The maximum atomic E-state index is 11.8. The van der Waals surface area contributed by atoms with Crippen LogP contribution in [0.2, 0.25) is 0 Å². The number of carbonyl (C=O) groups is 1. The number of aryl methyl sites for hydroxylation is 2. The molecule has 1 N–H and O–H groups in total. The van der Waals surface area contributed by atoms with Gasteiger partial charge in [0.25, 0.3) is 5.91 Å². The lowest BCUT2D eigenvalue weighted by molar-refractivity contribution is -0.115. The Balaban J connectivity index is 1.78. The van der Waals surface area contributed by atoms with Crippen LogP contribution in [-0.2, 0) is 11.4 Å². The number of hydrogen-bond donors (Lipinski definition) is 1. The molecule has 3 nitrogen and oxygen atoms in total. The Morgan fingerprint density at radius 3 is 2.40 bits per heavy atom. The zero-order valence-corrected chi connectivity index (χ0v) is 17.0. The number of carbonyl (C=O) groups excluding carboxylic acids is 1. The lowest BCUT2D eigenvalue weighted by Crippen LogP contribution is -2.17. The van der Waals surface area contributed by atoms with Gasteiger partial charge in [-0.15, -0.1) is 0 Å². The number of amides is 1. The summed E-state index contributed by atoms with van der Waals surface area (Å²) in [5, 5.41) is 2.63. The highest BCUT2D eigenvalue weighted by atomic mass is 79.9. The first-order chi connectivity index (χ1) is 11.9. The molecule has 0 unspecified atom stereocenters. The molecule has 1 fully saturated rings. The second-order valence-electron chi connectivity index (χ2n) is 5.75. The number of rotatable bonds is 4. The van der Waals surface area contributed by atoms with Gasteiger partial charge in [0.1, 0.15) is 16.7 Å². The van der Waals surface area contributed by atoms with Crippen LogP contribution in [0.1, 0.15) is 22.3 Å². The van der Waals surface area contributed by atoms with E-state index in [4.69, 9.17) is 17.0 Å². The highest BCUT2D eigenvalue weighted by molar-refractivity contribution is 9.10. The van der Waals surface area contributed by atoms with Gasteiger partial charge in [-0.3, -0.25) is 4.79 Å². The quantitative estimate of drug-likeness (QED) is 0.535. The number of halogens is 1. The Kier molecular flexibility index (Phi) is 5.61. The van der Waals surface area contributed by atoms with Crippen molar-refractivity contribution in [3.8, 4) is 5.75 Å². The SMILES string of the molecule is Cc1cc(/C=C2/SC(=S)NC2=O)cc(C)c1OCc1ccc(Br)cc1. The van der Waals surface area contributed by atoms with E-state index in [2.05, 4.69) is 21.2 Å². The smallest absolute Gasteiger partial charge is 0.263 e. The van der Waals surface area contributed by atoms with Crippen LogP contribution in [0.5, 0.6) is 5.75 Å². The molecular weight excluding hydrogens is 418 g/mol. The maximum absolute atomic E-state index is 11.8. The molecule has 2 aromatic rings. The highest BCUT2D eigenvalue weighted by Crippen LogP contribution is 2.30. The van der Waals surface area contributed by atoms with Gasteiger partial charge in [-0.1, -0.05) is 52.0 Å². The van der Waals surface area contributed by atoms with Crippen LogP contribution in [0.4, 0.5) is 0 Å². The first-order valence-electron chi connectivity index (χ1n) is 7.66. The molecule has 0 aromatic heterocycles. The molecule has 1 heterocycles. The Morgan fingerprint density at radius 2 is 1.84 bits per heavy atom. The van der Waals surface area contributed by atoms with Gasteiger partial charge in [0.15, 0.2) is 0 Å². The molecule has 25 heavy (non-hydrogen) atoms. The van der Waals surface area contributed by atoms with Crippen LogP contribution in [-0.4, -0.2) is 10.2 Å². The lowest BCUT2D eigenvalue weighted by atomic mass is 10.0. The molecule has 0 atom stereocenters. The van der Waals surface area contributed by atoms with Crippen LogP contribution < -0.4 is 10.1 Å². The number of benzene rings is 2. The molecule has 1 amide bonds. The topological polar surface area (TPSA) is 38.3 Å². The van der Waals surface area contributed by atoms with Gasteiger partial charge in [0, 0.05) is 4.47 Å². The number of hydrogen-bond acceptors (Lipinski definition) is 4. The second-order valence-corrected chi connectivity index (χ2v) is 8.39. The summed E-state index contributed by atoms with van der Waals surface area (Å²) in [5.74, 6) is 0.741. The third-order valence-corrected chi connectivity index (χ3v) is 5.41. The molecule has 1 saturated heterocycles. The van der Waals surface area contributed by atoms with E-state index in [-0.39, 0.29) is 5.91 Å². The Labute approximate surface area is 165 Å². The Hall–Kier alpha value is -1.63. The summed E-state index contributed by atoms with van der Waals surface area (Å²) in [6.45, 7) is 4.54. The van der Waals surface area contributed by atoms with E-state index in [1.54, 1.807) is 0 Å². The fraction of sp³-hybridized carbons (Fsp3) is 0.158. The van der Waals surface area contributed by atoms with E-state index < -0.39 is 0 Å². The summed E-state index contributed by atoms with van der Waals surface area (Å²) < 4.78 is 7.56. The maximum Gasteiger partial charge on any atom is 0.263 e. The van der Waals surface area contributed by atoms with Crippen LogP contribution in [0.3, 0.4) is 0 Å². The summed E-state index contributed by atoms with van der Waals surface area (Å²) in [4.78, 5) is 12.4. The van der Waals surface area contributed by atoms with Crippen molar-refractivity contribution in [2.24, 2.45) is 0 Å². The monoisotopic (exact) mass is 433 g/mol. The van der Waals surface area contributed by atoms with E-state index in [1.165, 1.54) is 11.8 Å². The van der Waals surface area contributed by atoms with Crippen molar-refractivity contribution < 1.29 is 9.53 Å². The lowest BCUT2D eigenvalue weighted by Gasteiger charge is -2.13. The van der Waals surface area contributed by atoms with E-state index in [9.17, 15) is 4.79 Å². The standard InChI is InChI=1S/C19H16BrNO2S2/c1-11-7-14(9-16-18(22)21-19(24)25-16)8-12(2)17(11)23-10-13-3-5-15(20)6-4-13/h3-9H,10H2,1-2H3,(H,21,22,24)/b16-9+. The minimum absolute atomic E-state index is 0.138. The normalized spacial score (nSPS) is 15.6. The van der Waals surface area contributed by atoms with Crippen LogP contribution in [0, 0.1) is 13.8 Å². The summed E-state index contributed by atoms with van der Waals surface area (Å²) in [6.07, 6.45) is 1.86. The third kappa shape index (κ3) is 4.51. The van der Waals surface area contributed by atoms with Crippen molar-refractivity contribution in [3.05, 3.63) is 68.0 Å².